The van der Waals surface area contributed by atoms with Crippen LogP contribution < -0.4 is 5.32 Å². The zero-order valence-corrected chi connectivity index (χ0v) is 16.8. The Morgan fingerprint density at radius 1 is 1.03 bits per heavy atom. The van der Waals surface area contributed by atoms with Crippen molar-refractivity contribution in [3.8, 4) is 0 Å². The van der Waals surface area contributed by atoms with Gasteiger partial charge < -0.3 is 15.1 Å². The van der Waals surface area contributed by atoms with Gasteiger partial charge in [0.2, 0.25) is 5.91 Å². The molecule has 3 atom stereocenters. The fourth-order valence-electron chi connectivity index (χ4n) is 3.83. The quantitative estimate of drug-likeness (QED) is 0.615. The van der Waals surface area contributed by atoms with Crippen molar-refractivity contribution in [3.05, 3.63) is 71.3 Å². The van der Waals surface area contributed by atoms with Gasteiger partial charge in [-0.2, -0.15) is 0 Å². The zero-order valence-electron chi connectivity index (χ0n) is 16.8. The number of benzene rings is 2. The van der Waals surface area contributed by atoms with E-state index >= 15 is 0 Å². The first-order valence-corrected chi connectivity index (χ1v) is 9.99. The Hall–Kier alpha value is -3.19. The third-order valence-corrected chi connectivity index (χ3v) is 5.50. The normalized spacial score (nSPS) is 17.6. The largest absolute Gasteiger partial charge is 0.480 e. The summed E-state index contributed by atoms with van der Waals surface area (Å²) >= 11 is 0. The van der Waals surface area contributed by atoms with Crippen LogP contribution in [0.25, 0.3) is 0 Å². The van der Waals surface area contributed by atoms with Gasteiger partial charge in [0.05, 0.1) is 6.04 Å². The molecule has 0 fully saturated rings. The molecule has 3 N–H and O–H groups in total. The van der Waals surface area contributed by atoms with E-state index in [2.05, 4.69) is 5.32 Å². The van der Waals surface area contributed by atoms with E-state index in [4.69, 9.17) is 0 Å². The number of amides is 1. The Labute approximate surface area is 175 Å². The van der Waals surface area contributed by atoms with Crippen LogP contribution in [0.5, 0.6) is 0 Å². The highest BCUT2D eigenvalue weighted by atomic mass is 16.4. The van der Waals surface area contributed by atoms with E-state index in [0.717, 1.165) is 16.7 Å². The molecule has 3 rings (SSSR count). The number of carbonyl (C=O) groups is 3. The Balaban J connectivity index is 1.69. The second-order valence-corrected chi connectivity index (χ2v) is 7.60. The molecule has 0 radical (unpaired) electrons. The van der Waals surface area contributed by atoms with E-state index < -0.39 is 36.0 Å². The number of carbonyl (C=O) groups excluding carboxylic acids is 1. The zero-order chi connectivity index (χ0) is 21.7. The van der Waals surface area contributed by atoms with E-state index in [9.17, 15) is 24.6 Å². The monoisotopic (exact) mass is 410 g/mol. The van der Waals surface area contributed by atoms with Crippen LogP contribution in [0, 0.1) is 0 Å². The minimum atomic E-state index is -1.07. The number of fused-ring (bicyclic) bond motifs is 1. The molecule has 2 aromatic rings. The van der Waals surface area contributed by atoms with Gasteiger partial charge in [0.15, 0.2) is 0 Å². The van der Waals surface area contributed by atoms with Gasteiger partial charge in [-0.05, 0) is 36.5 Å². The lowest BCUT2D eigenvalue weighted by atomic mass is 9.93. The molecule has 0 saturated heterocycles. The summed E-state index contributed by atoms with van der Waals surface area (Å²) in [7, 11) is 0. The Morgan fingerprint density at radius 3 is 2.30 bits per heavy atom. The van der Waals surface area contributed by atoms with Crippen molar-refractivity contribution in [2.75, 3.05) is 0 Å². The number of aliphatic carboxylic acids is 2. The van der Waals surface area contributed by atoms with Crippen molar-refractivity contribution in [1.82, 2.24) is 10.2 Å². The topological polar surface area (TPSA) is 107 Å². The second kappa shape index (κ2) is 9.54. The van der Waals surface area contributed by atoms with E-state index in [-0.39, 0.29) is 13.0 Å². The molecular formula is C23H26N2O5. The Bertz CT molecular complexity index is 915. The number of hydrogen-bond acceptors (Lipinski definition) is 4. The van der Waals surface area contributed by atoms with Crippen molar-refractivity contribution in [3.63, 3.8) is 0 Å². The van der Waals surface area contributed by atoms with E-state index in [1.54, 1.807) is 6.92 Å². The Morgan fingerprint density at radius 2 is 1.67 bits per heavy atom. The molecule has 1 amide bonds. The minimum Gasteiger partial charge on any atom is -0.480 e. The van der Waals surface area contributed by atoms with E-state index in [1.807, 2.05) is 54.6 Å². The molecule has 0 spiro atoms. The fraction of sp³-hybridized carbons (Fsp3) is 0.348. The predicted octanol–water partition coefficient (Wildman–Crippen LogP) is 2.09. The molecule has 0 bridgehead atoms. The number of aryl methyl sites for hydroxylation is 1. The predicted molar refractivity (Wildman–Crippen MR) is 111 cm³/mol. The molecule has 1 heterocycles. The van der Waals surface area contributed by atoms with Crippen LogP contribution in [0.15, 0.2) is 54.6 Å². The van der Waals surface area contributed by atoms with Crippen LogP contribution in [0.2, 0.25) is 0 Å². The molecule has 0 aliphatic carbocycles. The van der Waals surface area contributed by atoms with Crippen molar-refractivity contribution in [1.29, 1.82) is 0 Å². The number of nitrogens with zero attached hydrogens (tertiary/aromatic N) is 1. The number of rotatable bonds is 8. The molecule has 0 aromatic heterocycles. The van der Waals surface area contributed by atoms with Crippen molar-refractivity contribution < 1.29 is 24.6 Å². The highest BCUT2D eigenvalue weighted by Crippen LogP contribution is 2.24. The summed E-state index contributed by atoms with van der Waals surface area (Å²) < 4.78 is 0. The van der Waals surface area contributed by atoms with Crippen LogP contribution in [0.4, 0.5) is 0 Å². The number of carboxylic acids is 2. The van der Waals surface area contributed by atoms with Crippen molar-refractivity contribution in [2.24, 2.45) is 0 Å². The van der Waals surface area contributed by atoms with Gasteiger partial charge in [-0.1, -0.05) is 54.6 Å². The highest BCUT2D eigenvalue weighted by Gasteiger charge is 2.37. The molecule has 2 unspecified atom stereocenters. The summed E-state index contributed by atoms with van der Waals surface area (Å²) in [5.41, 5.74) is 2.85. The smallest absolute Gasteiger partial charge is 0.326 e. The minimum absolute atomic E-state index is 0.194. The molecule has 1 aliphatic rings. The van der Waals surface area contributed by atoms with Gasteiger partial charge in [0.25, 0.3) is 0 Å². The SMILES string of the molecule is C[C@H](NC(CCc1ccccc1)C(=O)O)C(=O)N1Cc2ccccc2CC1C(=O)O. The maximum atomic E-state index is 13.1. The van der Waals surface area contributed by atoms with Crippen LogP contribution >= 0.6 is 0 Å². The maximum Gasteiger partial charge on any atom is 0.326 e. The number of carboxylic acid groups (broad SMARTS) is 2. The number of hydrogen-bond donors (Lipinski definition) is 3. The fourth-order valence-corrected chi connectivity index (χ4v) is 3.83. The average Bonchev–Trinajstić information content (AvgIpc) is 2.75. The first-order valence-electron chi connectivity index (χ1n) is 9.99. The van der Waals surface area contributed by atoms with Gasteiger partial charge in [-0.3, -0.25) is 14.9 Å². The van der Waals surface area contributed by atoms with Crippen LogP contribution in [-0.4, -0.2) is 51.1 Å². The van der Waals surface area contributed by atoms with Gasteiger partial charge in [0, 0.05) is 13.0 Å². The van der Waals surface area contributed by atoms with Gasteiger partial charge in [0.1, 0.15) is 12.1 Å². The van der Waals surface area contributed by atoms with Crippen LogP contribution in [0.3, 0.4) is 0 Å². The lowest BCUT2D eigenvalue weighted by Crippen LogP contribution is -2.56. The summed E-state index contributed by atoms with van der Waals surface area (Å²) in [6.07, 6.45) is 1.11. The standard InChI is InChI=1S/C23H26N2O5/c1-15(24-19(22(27)28)12-11-16-7-3-2-4-8-16)21(26)25-14-18-10-6-5-9-17(18)13-20(25)23(29)30/h2-10,15,19-20,24H,11-14H2,1H3,(H,27,28)(H,29,30)/t15-,19?,20?/m0/s1. The third-order valence-electron chi connectivity index (χ3n) is 5.50. The van der Waals surface area contributed by atoms with Crippen molar-refractivity contribution >= 4 is 17.8 Å². The lowest BCUT2D eigenvalue weighted by molar-refractivity contribution is -0.152. The second-order valence-electron chi connectivity index (χ2n) is 7.60. The Kier molecular flexibility index (Phi) is 6.84. The molecular weight excluding hydrogens is 384 g/mol. The lowest BCUT2D eigenvalue weighted by Gasteiger charge is -2.36. The summed E-state index contributed by atoms with van der Waals surface area (Å²) in [6.45, 7) is 1.78. The first kappa shape index (κ1) is 21.5. The molecule has 30 heavy (non-hydrogen) atoms. The highest BCUT2D eigenvalue weighted by molar-refractivity contribution is 5.88. The maximum absolute atomic E-state index is 13.1. The molecule has 0 saturated carbocycles. The summed E-state index contributed by atoms with van der Waals surface area (Å²) in [6, 6.07) is 14.3. The van der Waals surface area contributed by atoms with Crippen LogP contribution in [0.1, 0.15) is 30.0 Å². The molecule has 7 heteroatoms. The molecule has 7 nitrogen and oxygen atoms in total. The summed E-state index contributed by atoms with van der Waals surface area (Å²) in [5.74, 6) is -2.52. The van der Waals surface area contributed by atoms with E-state index in [1.165, 1.54) is 4.90 Å². The summed E-state index contributed by atoms with van der Waals surface area (Å²) in [4.78, 5) is 37.9. The van der Waals surface area contributed by atoms with Gasteiger partial charge >= 0.3 is 11.9 Å². The third kappa shape index (κ3) is 5.04. The van der Waals surface area contributed by atoms with Gasteiger partial charge in [-0.15, -0.1) is 0 Å². The molecule has 2 aromatic carbocycles. The van der Waals surface area contributed by atoms with Gasteiger partial charge in [-0.25, -0.2) is 4.79 Å². The average molecular weight is 410 g/mol. The molecule has 1 aliphatic heterocycles. The first-order chi connectivity index (χ1) is 14.4. The summed E-state index contributed by atoms with van der Waals surface area (Å²) in [5, 5.41) is 22.1. The van der Waals surface area contributed by atoms with Crippen LogP contribution in [-0.2, 0) is 33.8 Å². The number of nitrogens with one attached hydrogen (secondary N) is 1. The molecule has 158 valence electrons. The van der Waals surface area contributed by atoms with Crippen molar-refractivity contribution in [2.45, 2.75) is 50.9 Å². The van der Waals surface area contributed by atoms with E-state index in [0.29, 0.717) is 12.8 Å².